The number of amides is 2. The first-order chi connectivity index (χ1) is 15.7. The van der Waals surface area contributed by atoms with Crippen LogP contribution in [-0.2, 0) is 21.9 Å². The minimum Gasteiger partial charge on any atom is -0.352 e. The first kappa shape index (κ1) is 28.1. The molecule has 0 aliphatic heterocycles. The first-order valence-corrected chi connectivity index (χ1v) is 13.4. The summed E-state index contributed by atoms with van der Waals surface area (Å²) in [6, 6.07) is 9.98. The third-order valence-electron chi connectivity index (χ3n) is 5.26. The molecule has 4 nitrogen and oxygen atoms in total. The molecule has 2 atom stereocenters. The van der Waals surface area contributed by atoms with Crippen LogP contribution in [0.4, 0.5) is 0 Å². The summed E-state index contributed by atoms with van der Waals surface area (Å²) in [5.41, 5.74) is 1.59. The SMILES string of the molecule is CC[C@@H](C)NC(=O)[C@H](CC)N(Cc1c(Cl)cccc1Cl)C(=O)CSCc1ccc(Cl)c(Cl)c1. The summed E-state index contributed by atoms with van der Waals surface area (Å²) in [6.07, 6.45) is 1.26. The minimum atomic E-state index is -0.635. The molecular formula is C24H28Cl4N2O2S. The maximum atomic E-state index is 13.3. The van der Waals surface area contributed by atoms with Gasteiger partial charge in [-0.3, -0.25) is 9.59 Å². The van der Waals surface area contributed by atoms with Crippen molar-refractivity contribution in [2.24, 2.45) is 0 Å². The Balaban J connectivity index is 2.21. The molecule has 0 aromatic heterocycles. The van der Waals surface area contributed by atoms with Gasteiger partial charge in [-0.25, -0.2) is 0 Å². The van der Waals surface area contributed by atoms with Crippen molar-refractivity contribution in [1.29, 1.82) is 0 Å². The molecule has 2 aromatic rings. The highest BCUT2D eigenvalue weighted by molar-refractivity contribution is 7.99. The summed E-state index contributed by atoms with van der Waals surface area (Å²) < 4.78 is 0. The van der Waals surface area contributed by atoms with Gasteiger partial charge in [-0.2, -0.15) is 0 Å². The van der Waals surface area contributed by atoms with E-state index in [0.29, 0.717) is 37.8 Å². The van der Waals surface area contributed by atoms with E-state index in [0.717, 1.165) is 12.0 Å². The van der Waals surface area contributed by atoms with Crippen LogP contribution in [-0.4, -0.2) is 34.6 Å². The van der Waals surface area contributed by atoms with Gasteiger partial charge < -0.3 is 10.2 Å². The van der Waals surface area contributed by atoms with Crippen molar-refractivity contribution >= 4 is 70.0 Å². The van der Waals surface area contributed by atoms with Gasteiger partial charge in [-0.1, -0.05) is 72.4 Å². The predicted octanol–water partition coefficient (Wildman–Crippen LogP) is 7.26. The molecule has 0 aliphatic carbocycles. The lowest BCUT2D eigenvalue weighted by Gasteiger charge is -2.32. The Morgan fingerprint density at radius 3 is 2.21 bits per heavy atom. The third-order valence-corrected chi connectivity index (χ3v) is 7.69. The zero-order chi connectivity index (χ0) is 24.5. The fourth-order valence-electron chi connectivity index (χ4n) is 3.18. The maximum absolute atomic E-state index is 13.3. The highest BCUT2D eigenvalue weighted by Crippen LogP contribution is 2.28. The number of benzene rings is 2. The molecule has 2 aromatic carbocycles. The zero-order valence-electron chi connectivity index (χ0n) is 18.8. The molecule has 2 amide bonds. The van der Waals surface area contributed by atoms with E-state index in [4.69, 9.17) is 46.4 Å². The average molecular weight is 550 g/mol. The summed E-state index contributed by atoms with van der Waals surface area (Å²) >= 11 is 26.3. The van der Waals surface area contributed by atoms with Crippen LogP contribution in [0.2, 0.25) is 20.1 Å². The van der Waals surface area contributed by atoms with Gasteiger partial charge in [0, 0.05) is 33.9 Å². The molecule has 1 N–H and O–H groups in total. The van der Waals surface area contributed by atoms with Crippen LogP contribution in [0.3, 0.4) is 0 Å². The van der Waals surface area contributed by atoms with Crippen molar-refractivity contribution in [1.82, 2.24) is 10.2 Å². The second-order valence-electron chi connectivity index (χ2n) is 7.71. The fourth-order valence-corrected chi connectivity index (χ4v) is 4.88. The fraction of sp³-hybridized carbons (Fsp3) is 0.417. The van der Waals surface area contributed by atoms with Crippen LogP contribution in [0.5, 0.6) is 0 Å². The van der Waals surface area contributed by atoms with Crippen molar-refractivity contribution in [2.75, 3.05) is 5.75 Å². The molecule has 0 spiro atoms. The summed E-state index contributed by atoms with van der Waals surface area (Å²) in [4.78, 5) is 27.9. The standard InChI is InChI=1S/C24H28Cl4N2O2S/c1-4-15(3)29-24(32)22(5-2)30(12-17-18(25)7-6-8-19(17)26)23(31)14-33-13-16-9-10-20(27)21(28)11-16/h6-11,15,22H,4-5,12-14H2,1-3H3,(H,29,32)/t15-,22+/m1/s1. The third kappa shape index (κ3) is 8.25. The van der Waals surface area contributed by atoms with Crippen molar-refractivity contribution in [3.63, 3.8) is 0 Å². The molecular weight excluding hydrogens is 522 g/mol. The highest BCUT2D eigenvalue weighted by Gasteiger charge is 2.30. The smallest absolute Gasteiger partial charge is 0.243 e. The van der Waals surface area contributed by atoms with Crippen molar-refractivity contribution in [3.8, 4) is 0 Å². The molecule has 33 heavy (non-hydrogen) atoms. The topological polar surface area (TPSA) is 49.4 Å². The van der Waals surface area contributed by atoms with Gasteiger partial charge >= 0.3 is 0 Å². The van der Waals surface area contributed by atoms with E-state index in [1.807, 2.05) is 26.8 Å². The van der Waals surface area contributed by atoms with Crippen LogP contribution < -0.4 is 5.32 Å². The lowest BCUT2D eigenvalue weighted by atomic mass is 10.1. The lowest BCUT2D eigenvalue weighted by Crippen LogP contribution is -2.51. The van der Waals surface area contributed by atoms with Gasteiger partial charge in [0.1, 0.15) is 6.04 Å². The number of thioether (sulfide) groups is 1. The Bertz CT molecular complexity index is 953. The molecule has 0 heterocycles. The second-order valence-corrected chi connectivity index (χ2v) is 10.3. The van der Waals surface area contributed by atoms with Crippen LogP contribution >= 0.6 is 58.2 Å². The number of hydrogen-bond donors (Lipinski definition) is 1. The Morgan fingerprint density at radius 2 is 1.64 bits per heavy atom. The van der Waals surface area contributed by atoms with E-state index >= 15 is 0 Å². The Morgan fingerprint density at radius 1 is 0.970 bits per heavy atom. The van der Waals surface area contributed by atoms with E-state index in [1.54, 1.807) is 35.2 Å². The molecule has 0 fully saturated rings. The largest absolute Gasteiger partial charge is 0.352 e. The number of carbonyl (C=O) groups excluding carboxylic acids is 2. The zero-order valence-corrected chi connectivity index (χ0v) is 22.7. The summed E-state index contributed by atoms with van der Waals surface area (Å²) in [7, 11) is 0. The second kappa shape index (κ2) is 13.7. The van der Waals surface area contributed by atoms with Crippen molar-refractivity contribution in [3.05, 3.63) is 67.6 Å². The van der Waals surface area contributed by atoms with Gasteiger partial charge in [-0.15, -0.1) is 11.8 Å². The number of halogens is 4. The van der Waals surface area contributed by atoms with Gasteiger partial charge in [0.25, 0.3) is 0 Å². The highest BCUT2D eigenvalue weighted by atomic mass is 35.5. The molecule has 9 heteroatoms. The number of nitrogens with one attached hydrogen (secondary N) is 1. The normalized spacial score (nSPS) is 12.8. The number of hydrogen-bond acceptors (Lipinski definition) is 3. The summed E-state index contributed by atoms with van der Waals surface area (Å²) in [5, 5.41) is 4.87. The van der Waals surface area contributed by atoms with Crippen LogP contribution in [0.1, 0.15) is 44.7 Å². The molecule has 0 bridgehead atoms. The Labute approximate surface area is 220 Å². The maximum Gasteiger partial charge on any atom is 0.243 e. The monoisotopic (exact) mass is 548 g/mol. The number of rotatable bonds is 11. The van der Waals surface area contributed by atoms with Gasteiger partial charge in [0.2, 0.25) is 11.8 Å². The van der Waals surface area contributed by atoms with Crippen LogP contribution in [0.15, 0.2) is 36.4 Å². The van der Waals surface area contributed by atoms with E-state index in [2.05, 4.69) is 5.32 Å². The Hall–Kier alpha value is -1.11. The quantitative estimate of drug-likeness (QED) is 0.321. The molecule has 180 valence electrons. The molecule has 2 rings (SSSR count). The molecule has 0 saturated carbocycles. The minimum absolute atomic E-state index is 0.0106. The lowest BCUT2D eigenvalue weighted by molar-refractivity contribution is -0.139. The Kier molecular flexibility index (Phi) is 11.7. The number of nitrogens with zero attached hydrogens (tertiary/aromatic N) is 1. The van der Waals surface area contributed by atoms with E-state index < -0.39 is 6.04 Å². The number of carbonyl (C=O) groups is 2. The first-order valence-electron chi connectivity index (χ1n) is 10.7. The molecule has 0 saturated heterocycles. The van der Waals surface area contributed by atoms with Gasteiger partial charge in [-0.05, 0) is 49.6 Å². The van der Waals surface area contributed by atoms with E-state index in [-0.39, 0.29) is 30.2 Å². The average Bonchev–Trinajstić information content (AvgIpc) is 2.77. The molecule has 0 unspecified atom stereocenters. The predicted molar refractivity (Wildman–Crippen MR) is 142 cm³/mol. The van der Waals surface area contributed by atoms with Gasteiger partial charge in [0.15, 0.2) is 0 Å². The summed E-state index contributed by atoms with van der Waals surface area (Å²) in [5.74, 6) is 0.425. The van der Waals surface area contributed by atoms with Crippen LogP contribution in [0, 0.1) is 0 Å². The van der Waals surface area contributed by atoms with E-state index in [9.17, 15) is 9.59 Å². The molecule has 0 radical (unpaired) electrons. The van der Waals surface area contributed by atoms with Crippen molar-refractivity contribution in [2.45, 2.75) is 58.0 Å². The summed E-state index contributed by atoms with van der Waals surface area (Å²) in [6.45, 7) is 5.97. The van der Waals surface area contributed by atoms with Crippen molar-refractivity contribution < 1.29 is 9.59 Å². The van der Waals surface area contributed by atoms with Gasteiger partial charge in [0.05, 0.1) is 15.8 Å². The van der Waals surface area contributed by atoms with E-state index in [1.165, 1.54) is 11.8 Å². The van der Waals surface area contributed by atoms with Crippen LogP contribution in [0.25, 0.3) is 0 Å². The molecule has 0 aliphatic rings.